The number of hydrogen-bond acceptors (Lipinski definition) is 4. The summed E-state index contributed by atoms with van der Waals surface area (Å²) in [5.74, 6) is -0.780. The lowest BCUT2D eigenvalue weighted by Gasteiger charge is -2.09. The monoisotopic (exact) mass is 263 g/mol. The van der Waals surface area contributed by atoms with Gasteiger partial charge < -0.3 is 10.1 Å². The smallest absolute Gasteiger partial charge is 0.329 e. The van der Waals surface area contributed by atoms with E-state index in [0.29, 0.717) is 0 Å². The molecule has 6 heteroatoms. The Morgan fingerprint density at radius 3 is 2.37 bits per heavy atom. The normalized spacial score (nSPS) is 10.5. The van der Waals surface area contributed by atoms with E-state index in [1.54, 1.807) is 12.1 Å². The van der Waals surface area contributed by atoms with Crippen LogP contribution in [0.5, 0.6) is 5.75 Å². The van der Waals surface area contributed by atoms with Gasteiger partial charge in [0.05, 0.1) is 12.3 Å². The molecule has 0 bridgehead atoms. The lowest BCUT2D eigenvalue weighted by molar-refractivity contribution is -0.138. The molecule has 0 atom stereocenters. The van der Waals surface area contributed by atoms with E-state index in [9.17, 15) is 9.59 Å². The summed E-state index contributed by atoms with van der Waals surface area (Å²) in [5, 5.41) is 5.87. The van der Waals surface area contributed by atoms with Crippen molar-refractivity contribution in [2.24, 2.45) is 5.10 Å². The standard InChI is InChI=1S/C13H17N3O3/c1-9(2)19-11-6-4-10(5-7-11)8-15-16-13(18)12(17)14-3/h4-9H,1-3H3,(H,14,17)(H,16,18)/b15-8-. The van der Waals surface area contributed by atoms with E-state index in [4.69, 9.17) is 4.74 Å². The van der Waals surface area contributed by atoms with Gasteiger partial charge in [0.2, 0.25) is 0 Å². The van der Waals surface area contributed by atoms with Crippen molar-refractivity contribution in [2.75, 3.05) is 7.05 Å². The molecule has 1 rings (SSSR count). The quantitative estimate of drug-likeness (QED) is 0.476. The van der Waals surface area contributed by atoms with E-state index in [-0.39, 0.29) is 6.10 Å². The molecule has 2 N–H and O–H groups in total. The minimum absolute atomic E-state index is 0.117. The van der Waals surface area contributed by atoms with Crippen LogP contribution in [0.1, 0.15) is 19.4 Å². The van der Waals surface area contributed by atoms with E-state index in [1.165, 1.54) is 13.3 Å². The van der Waals surface area contributed by atoms with Crippen molar-refractivity contribution in [3.05, 3.63) is 29.8 Å². The number of amides is 2. The third-order valence-electron chi connectivity index (χ3n) is 2.06. The summed E-state index contributed by atoms with van der Waals surface area (Å²) in [5.41, 5.74) is 2.90. The molecule has 0 unspecified atom stereocenters. The van der Waals surface area contributed by atoms with Crippen LogP contribution in [-0.2, 0) is 9.59 Å². The zero-order valence-corrected chi connectivity index (χ0v) is 11.1. The fourth-order valence-electron chi connectivity index (χ4n) is 1.23. The molecule has 0 saturated heterocycles. The first kappa shape index (κ1) is 14.7. The topological polar surface area (TPSA) is 79.8 Å². The molecule has 0 aliphatic carbocycles. The highest BCUT2D eigenvalue weighted by Gasteiger charge is 2.08. The van der Waals surface area contributed by atoms with Crippen LogP contribution >= 0.6 is 0 Å². The first-order valence-corrected chi connectivity index (χ1v) is 5.84. The molecule has 0 spiro atoms. The highest BCUT2D eigenvalue weighted by molar-refractivity contribution is 6.34. The minimum Gasteiger partial charge on any atom is -0.491 e. The summed E-state index contributed by atoms with van der Waals surface area (Å²) >= 11 is 0. The molecule has 0 aromatic heterocycles. The maximum Gasteiger partial charge on any atom is 0.329 e. The Kier molecular flexibility index (Phi) is 5.53. The second kappa shape index (κ2) is 7.15. The summed E-state index contributed by atoms with van der Waals surface area (Å²) in [6, 6.07) is 7.21. The zero-order valence-electron chi connectivity index (χ0n) is 11.1. The summed E-state index contributed by atoms with van der Waals surface area (Å²) in [6.45, 7) is 3.90. The molecule has 1 aromatic carbocycles. The number of nitrogens with zero attached hydrogens (tertiary/aromatic N) is 1. The Balaban J connectivity index is 2.53. The molecule has 102 valence electrons. The number of rotatable bonds is 4. The molecule has 0 radical (unpaired) electrons. The van der Waals surface area contributed by atoms with E-state index in [2.05, 4.69) is 15.8 Å². The van der Waals surface area contributed by atoms with Gasteiger partial charge in [-0.1, -0.05) is 0 Å². The Morgan fingerprint density at radius 1 is 1.21 bits per heavy atom. The summed E-state index contributed by atoms with van der Waals surface area (Å²) < 4.78 is 5.49. The van der Waals surface area contributed by atoms with Gasteiger partial charge in [-0.15, -0.1) is 0 Å². The van der Waals surface area contributed by atoms with E-state index in [0.717, 1.165) is 11.3 Å². The number of carbonyl (C=O) groups is 2. The van der Waals surface area contributed by atoms with Gasteiger partial charge in [0.15, 0.2) is 0 Å². The molecule has 0 aliphatic rings. The van der Waals surface area contributed by atoms with Gasteiger partial charge in [0.1, 0.15) is 5.75 Å². The summed E-state index contributed by atoms with van der Waals surface area (Å²) in [7, 11) is 1.37. The lowest BCUT2D eigenvalue weighted by atomic mass is 10.2. The average Bonchev–Trinajstić information content (AvgIpc) is 2.39. The number of hydrogen-bond donors (Lipinski definition) is 2. The van der Waals surface area contributed by atoms with Crippen LogP contribution in [0.25, 0.3) is 0 Å². The first-order chi connectivity index (χ1) is 9.02. The van der Waals surface area contributed by atoms with Crippen molar-refractivity contribution in [2.45, 2.75) is 20.0 Å². The van der Waals surface area contributed by atoms with Gasteiger partial charge in [0.25, 0.3) is 0 Å². The van der Waals surface area contributed by atoms with Gasteiger partial charge >= 0.3 is 11.8 Å². The van der Waals surface area contributed by atoms with Crippen LogP contribution in [0, 0.1) is 0 Å². The highest BCUT2D eigenvalue weighted by Crippen LogP contribution is 2.12. The molecular formula is C13H17N3O3. The van der Waals surface area contributed by atoms with Crippen molar-refractivity contribution in [1.82, 2.24) is 10.7 Å². The number of likely N-dealkylation sites (N-methyl/N-ethyl adjacent to an activating group) is 1. The molecule has 2 amide bonds. The van der Waals surface area contributed by atoms with Gasteiger partial charge in [-0.3, -0.25) is 9.59 Å². The molecule has 0 aliphatic heterocycles. The molecule has 0 heterocycles. The zero-order chi connectivity index (χ0) is 14.3. The number of ether oxygens (including phenoxy) is 1. The van der Waals surface area contributed by atoms with E-state index >= 15 is 0 Å². The Bertz CT molecular complexity index is 467. The summed E-state index contributed by atoms with van der Waals surface area (Å²) in [4.78, 5) is 22.0. The highest BCUT2D eigenvalue weighted by atomic mass is 16.5. The van der Waals surface area contributed by atoms with E-state index < -0.39 is 11.8 Å². The third-order valence-corrected chi connectivity index (χ3v) is 2.06. The van der Waals surface area contributed by atoms with Crippen molar-refractivity contribution in [3.8, 4) is 5.75 Å². The minimum atomic E-state index is -0.807. The van der Waals surface area contributed by atoms with Crippen LogP contribution in [0.4, 0.5) is 0 Å². The Labute approximate surface area is 111 Å². The number of hydrazone groups is 1. The average molecular weight is 263 g/mol. The second-order valence-corrected chi connectivity index (χ2v) is 4.01. The van der Waals surface area contributed by atoms with E-state index in [1.807, 2.05) is 26.0 Å². The molecule has 6 nitrogen and oxygen atoms in total. The molecule has 1 aromatic rings. The fourth-order valence-corrected chi connectivity index (χ4v) is 1.23. The van der Waals surface area contributed by atoms with Crippen molar-refractivity contribution in [1.29, 1.82) is 0 Å². The van der Waals surface area contributed by atoms with Gasteiger partial charge in [-0.2, -0.15) is 5.10 Å². The third kappa shape index (κ3) is 5.20. The SMILES string of the molecule is CNC(=O)C(=O)N/N=C\c1ccc(OC(C)C)cc1. The maximum absolute atomic E-state index is 11.1. The molecule has 0 fully saturated rings. The summed E-state index contributed by atoms with van der Waals surface area (Å²) in [6.07, 6.45) is 1.56. The Morgan fingerprint density at radius 2 is 1.84 bits per heavy atom. The van der Waals surface area contributed by atoms with Gasteiger partial charge in [-0.25, -0.2) is 5.43 Å². The first-order valence-electron chi connectivity index (χ1n) is 5.84. The number of carbonyl (C=O) groups excluding carboxylic acids is 2. The lowest BCUT2D eigenvalue weighted by Crippen LogP contribution is -2.35. The number of benzene rings is 1. The predicted octanol–water partition coefficient (Wildman–Crippen LogP) is 0.670. The van der Waals surface area contributed by atoms with Crippen LogP contribution in [-0.4, -0.2) is 31.2 Å². The van der Waals surface area contributed by atoms with Crippen molar-refractivity contribution in [3.63, 3.8) is 0 Å². The second-order valence-electron chi connectivity index (χ2n) is 4.01. The van der Waals surface area contributed by atoms with Crippen LogP contribution in [0.2, 0.25) is 0 Å². The molecule has 19 heavy (non-hydrogen) atoms. The number of nitrogens with one attached hydrogen (secondary N) is 2. The van der Waals surface area contributed by atoms with Gasteiger partial charge in [0, 0.05) is 7.05 Å². The van der Waals surface area contributed by atoms with Crippen LogP contribution in [0.15, 0.2) is 29.4 Å². The molecule has 0 saturated carbocycles. The maximum atomic E-state index is 11.1. The predicted molar refractivity (Wildman–Crippen MR) is 72.0 cm³/mol. The van der Waals surface area contributed by atoms with Crippen molar-refractivity contribution >= 4 is 18.0 Å². The fraction of sp³-hybridized carbons (Fsp3) is 0.308. The molecular weight excluding hydrogens is 246 g/mol. The van der Waals surface area contributed by atoms with Crippen LogP contribution in [0.3, 0.4) is 0 Å². The largest absolute Gasteiger partial charge is 0.491 e. The van der Waals surface area contributed by atoms with Gasteiger partial charge in [-0.05, 0) is 43.7 Å². The Hall–Kier alpha value is -2.37. The van der Waals surface area contributed by atoms with Crippen molar-refractivity contribution < 1.29 is 14.3 Å². The van der Waals surface area contributed by atoms with Crippen LogP contribution < -0.4 is 15.5 Å².